The highest BCUT2D eigenvalue weighted by molar-refractivity contribution is 7.98. The molecule has 1 N–H and O–H groups in total. The predicted octanol–water partition coefficient (Wildman–Crippen LogP) is 3.23. The summed E-state index contributed by atoms with van der Waals surface area (Å²) in [5.74, 6) is -0.332. The molecule has 0 spiro atoms. The van der Waals surface area contributed by atoms with Crippen LogP contribution in [0.3, 0.4) is 0 Å². The number of amides is 2. The Balaban J connectivity index is 1.96. The molecular weight excluding hydrogens is 372 g/mol. The van der Waals surface area contributed by atoms with Crippen molar-refractivity contribution >= 4 is 35.0 Å². The van der Waals surface area contributed by atoms with Gasteiger partial charge in [-0.2, -0.15) is 5.26 Å². The predicted molar refractivity (Wildman–Crippen MR) is 113 cm³/mol. The van der Waals surface area contributed by atoms with Crippen LogP contribution in [0.25, 0.3) is 0 Å². The summed E-state index contributed by atoms with van der Waals surface area (Å²) in [6.45, 7) is 0.494. The Kier molecular flexibility index (Phi) is 8.53. The van der Waals surface area contributed by atoms with Gasteiger partial charge in [-0.25, -0.2) is 0 Å². The van der Waals surface area contributed by atoms with Crippen LogP contribution in [0, 0.1) is 11.3 Å². The van der Waals surface area contributed by atoms with Gasteiger partial charge in [0.25, 0.3) is 0 Å². The molecule has 0 bridgehead atoms. The summed E-state index contributed by atoms with van der Waals surface area (Å²) in [5.41, 5.74) is 1.51. The molecule has 2 aromatic carbocycles. The number of nitrogens with zero attached hydrogens (tertiary/aromatic N) is 3. The summed E-state index contributed by atoms with van der Waals surface area (Å²) in [6.07, 6.45) is 2.20. The number of rotatable bonds is 9. The Morgan fingerprint density at radius 3 is 2.43 bits per heavy atom. The van der Waals surface area contributed by atoms with Crippen LogP contribution >= 0.6 is 11.8 Å². The number of para-hydroxylation sites is 2. The molecule has 6 nitrogen and oxygen atoms in total. The molecule has 0 fully saturated rings. The molecule has 2 aromatic rings. The Morgan fingerprint density at radius 2 is 1.75 bits per heavy atom. The molecule has 0 aliphatic rings. The van der Waals surface area contributed by atoms with E-state index in [1.54, 1.807) is 28.6 Å². The first-order valence-corrected chi connectivity index (χ1v) is 10.1. The number of nitriles is 1. The minimum Gasteiger partial charge on any atom is -0.324 e. The van der Waals surface area contributed by atoms with Crippen LogP contribution in [0.4, 0.5) is 11.4 Å². The molecule has 28 heavy (non-hydrogen) atoms. The van der Waals surface area contributed by atoms with E-state index >= 15 is 0 Å². The van der Waals surface area contributed by atoms with Crippen molar-refractivity contribution in [3.63, 3.8) is 0 Å². The lowest BCUT2D eigenvalue weighted by atomic mass is 10.2. The maximum atomic E-state index is 12.7. The van der Waals surface area contributed by atoms with Gasteiger partial charge in [0.2, 0.25) is 11.8 Å². The maximum Gasteiger partial charge on any atom is 0.241 e. The van der Waals surface area contributed by atoms with Crippen LogP contribution in [0.5, 0.6) is 0 Å². The summed E-state index contributed by atoms with van der Waals surface area (Å²) in [6, 6.07) is 18.9. The van der Waals surface area contributed by atoms with Gasteiger partial charge in [0, 0.05) is 17.1 Å². The second-order valence-electron chi connectivity index (χ2n) is 6.21. The van der Waals surface area contributed by atoms with Gasteiger partial charge in [-0.15, -0.1) is 11.8 Å². The quantitative estimate of drug-likeness (QED) is 0.659. The van der Waals surface area contributed by atoms with Crippen LogP contribution < -0.4 is 10.2 Å². The van der Waals surface area contributed by atoms with Gasteiger partial charge in [0.1, 0.15) is 0 Å². The second-order valence-corrected chi connectivity index (χ2v) is 7.06. The maximum absolute atomic E-state index is 12.7. The molecule has 0 aromatic heterocycles. The monoisotopic (exact) mass is 396 g/mol. The van der Waals surface area contributed by atoms with E-state index in [9.17, 15) is 9.59 Å². The molecule has 146 valence electrons. The first-order valence-electron chi connectivity index (χ1n) is 8.89. The zero-order chi connectivity index (χ0) is 20.4. The topological polar surface area (TPSA) is 76.4 Å². The lowest BCUT2D eigenvalue weighted by Crippen LogP contribution is -2.42. The summed E-state index contributed by atoms with van der Waals surface area (Å²) in [7, 11) is 1.73. The molecule has 0 aliphatic carbocycles. The number of anilines is 2. The Bertz CT molecular complexity index is 836. The van der Waals surface area contributed by atoms with Gasteiger partial charge in [-0.3, -0.25) is 14.5 Å². The van der Waals surface area contributed by atoms with Crippen molar-refractivity contribution in [2.75, 3.05) is 43.2 Å². The standard InChI is InChI=1S/C21H24N4O2S/c1-24(15-20(26)23-18-11-6-7-12-19(18)28-2)16-21(27)25(14-8-13-22)17-9-4-3-5-10-17/h3-7,9-12H,8,14-16H2,1-2H3,(H,23,26). The van der Waals surface area contributed by atoms with E-state index < -0.39 is 0 Å². The zero-order valence-corrected chi connectivity index (χ0v) is 16.9. The first kappa shape index (κ1) is 21.5. The van der Waals surface area contributed by atoms with Crippen molar-refractivity contribution in [1.82, 2.24) is 4.90 Å². The minimum absolute atomic E-state index is 0.0813. The van der Waals surface area contributed by atoms with Gasteiger partial charge in [0.15, 0.2) is 0 Å². The van der Waals surface area contributed by atoms with Crippen LogP contribution in [-0.4, -0.2) is 49.7 Å². The molecule has 0 heterocycles. The van der Waals surface area contributed by atoms with Crippen molar-refractivity contribution in [2.45, 2.75) is 11.3 Å². The highest BCUT2D eigenvalue weighted by Gasteiger charge is 2.18. The molecule has 0 atom stereocenters. The average Bonchev–Trinajstić information content (AvgIpc) is 2.69. The third kappa shape index (κ3) is 6.41. The number of benzene rings is 2. The van der Waals surface area contributed by atoms with E-state index in [4.69, 9.17) is 5.26 Å². The number of carbonyl (C=O) groups is 2. The lowest BCUT2D eigenvalue weighted by molar-refractivity contribution is -0.121. The van der Waals surface area contributed by atoms with E-state index in [0.29, 0.717) is 6.54 Å². The van der Waals surface area contributed by atoms with Crippen LogP contribution in [0.2, 0.25) is 0 Å². The number of hydrogen-bond acceptors (Lipinski definition) is 5. The van der Waals surface area contributed by atoms with E-state index in [1.807, 2.05) is 60.9 Å². The third-order valence-corrected chi connectivity index (χ3v) is 4.81. The number of hydrogen-bond donors (Lipinski definition) is 1. The zero-order valence-electron chi connectivity index (χ0n) is 16.1. The summed E-state index contributed by atoms with van der Waals surface area (Å²) in [4.78, 5) is 29.3. The third-order valence-electron chi connectivity index (χ3n) is 4.02. The first-order chi connectivity index (χ1) is 13.5. The van der Waals surface area contributed by atoms with Crippen LogP contribution in [0.1, 0.15) is 6.42 Å². The molecule has 0 saturated carbocycles. The number of carbonyl (C=O) groups excluding carboxylic acids is 2. The smallest absolute Gasteiger partial charge is 0.241 e. The Hall–Kier alpha value is -2.82. The molecule has 2 amide bonds. The van der Waals surface area contributed by atoms with E-state index in [-0.39, 0.29) is 31.3 Å². The largest absolute Gasteiger partial charge is 0.324 e. The summed E-state index contributed by atoms with van der Waals surface area (Å²) >= 11 is 1.56. The van der Waals surface area contributed by atoms with Crippen molar-refractivity contribution in [1.29, 1.82) is 5.26 Å². The molecule has 0 unspecified atom stereocenters. The SMILES string of the molecule is CSc1ccccc1NC(=O)CN(C)CC(=O)N(CCC#N)c1ccccc1. The fourth-order valence-corrected chi connectivity index (χ4v) is 3.28. The second kappa shape index (κ2) is 11.1. The van der Waals surface area contributed by atoms with Gasteiger partial charge in [-0.1, -0.05) is 30.3 Å². The molecule has 0 aliphatic heterocycles. The average molecular weight is 397 g/mol. The number of likely N-dealkylation sites (N-methyl/N-ethyl adjacent to an activating group) is 1. The van der Waals surface area contributed by atoms with E-state index in [0.717, 1.165) is 16.3 Å². The fourth-order valence-electron chi connectivity index (χ4n) is 2.72. The van der Waals surface area contributed by atoms with E-state index in [1.165, 1.54) is 0 Å². The summed E-state index contributed by atoms with van der Waals surface area (Å²) < 4.78 is 0. The van der Waals surface area contributed by atoms with Gasteiger partial charge in [0.05, 0.1) is 31.3 Å². The van der Waals surface area contributed by atoms with Crippen molar-refractivity contribution in [3.05, 3.63) is 54.6 Å². The van der Waals surface area contributed by atoms with Gasteiger partial charge < -0.3 is 10.2 Å². The fraction of sp³-hybridized carbons (Fsp3) is 0.286. The summed E-state index contributed by atoms with van der Waals surface area (Å²) in [5, 5.41) is 11.8. The molecular formula is C21H24N4O2S. The lowest BCUT2D eigenvalue weighted by Gasteiger charge is -2.25. The minimum atomic E-state index is -0.180. The molecule has 2 rings (SSSR count). The van der Waals surface area contributed by atoms with Gasteiger partial charge >= 0.3 is 0 Å². The Labute approximate surface area is 170 Å². The molecule has 0 radical (unpaired) electrons. The van der Waals surface area contributed by atoms with E-state index in [2.05, 4.69) is 11.4 Å². The highest BCUT2D eigenvalue weighted by Crippen LogP contribution is 2.24. The van der Waals surface area contributed by atoms with Crippen molar-refractivity contribution in [2.24, 2.45) is 0 Å². The van der Waals surface area contributed by atoms with Crippen LogP contribution in [-0.2, 0) is 9.59 Å². The van der Waals surface area contributed by atoms with Crippen LogP contribution in [0.15, 0.2) is 59.5 Å². The van der Waals surface area contributed by atoms with Crippen molar-refractivity contribution in [3.8, 4) is 6.07 Å². The number of thioether (sulfide) groups is 1. The molecule has 7 heteroatoms. The Morgan fingerprint density at radius 1 is 1.07 bits per heavy atom. The van der Waals surface area contributed by atoms with Crippen molar-refractivity contribution < 1.29 is 9.59 Å². The normalized spacial score (nSPS) is 10.4. The van der Waals surface area contributed by atoms with Gasteiger partial charge in [-0.05, 0) is 37.6 Å². The molecule has 0 saturated heterocycles. The number of nitrogens with one attached hydrogen (secondary N) is 1. The highest BCUT2D eigenvalue weighted by atomic mass is 32.2.